The summed E-state index contributed by atoms with van der Waals surface area (Å²) in [6.07, 6.45) is 24.9. The molecule has 0 saturated carbocycles. The Hall–Kier alpha value is -3.36. The highest BCUT2D eigenvalue weighted by Gasteiger charge is 2.35. The van der Waals surface area contributed by atoms with E-state index in [0.29, 0.717) is 19.3 Å². The third-order valence-corrected chi connectivity index (χ3v) is 11.7. The molecule has 366 valence electrons. The van der Waals surface area contributed by atoms with Crippen LogP contribution in [0.4, 0.5) is 0 Å². The topological polar surface area (TPSA) is 211 Å². The number of unbranched alkanes of at least 4 members (excludes halogenated alkanes) is 22. The van der Waals surface area contributed by atoms with Crippen LogP contribution in [-0.4, -0.2) is 94.7 Å². The molecule has 0 aliphatic carbocycles. The molecule has 5 N–H and O–H groups in total. The van der Waals surface area contributed by atoms with Gasteiger partial charge in [0.2, 0.25) is 23.6 Å². The van der Waals surface area contributed by atoms with Crippen molar-refractivity contribution in [3.63, 3.8) is 0 Å². The normalized spacial score (nSPS) is 13.0. The van der Waals surface area contributed by atoms with Crippen molar-refractivity contribution in [2.75, 3.05) is 18.9 Å². The molecule has 1 unspecified atom stereocenters. The Bertz CT molecular complexity index is 1270. The molecule has 0 spiro atoms. The fraction of sp³-hybridized carbons (Fsp3) is 0.854. The number of aliphatic carboxylic acids is 1. The molecule has 63 heavy (non-hydrogen) atoms. The van der Waals surface area contributed by atoms with Crippen LogP contribution < -0.4 is 16.4 Å². The summed E-state index contributed by atoms with van der Waals surface area (Å²) in [5, 5.41) is 14.4. The number of carboxylic acid groups (broad SMARTS) is 1. The Labute approximate surface area is 385 Å². The van der Waals surface area contributed by atoms with Gasteiger partial charge in [-0.1, -0.05) is 162 Å². The van der Waals surface area contributed by atoms with Gasteiger partial charge in [-0.05, 0) is 32.6 Å². The number of esters is 2. The molecule has 0 saturated heterocycles. The van der Waals surface area contributed by atoms with Crippen molar-refractivity contribution in [3.05, 3.63) is 0 Å². The molecule has 4 amide bonds. The summed E-state index contributed by atoms with van der Waals surface area (Å²) in [6, 6.07) is -3.85. The van der Waals surface area contributed by atoms with Crippen LogP contribution >= 0.6 is 12.6 Å². The Morgan fingerprint density at radius 3 is 1.44 bits per heavy atom. The Kier molecular flexibility index (Phi) is 38.0. The molecule has 4 atom stereocenters. The van der Waals surface area contributed by atoms with Gasteiger partial charge in [0.25, 0.3) is 0 Å². The second-order valence-electron chi connectivity index (χ2n) is 17.2. The first kappa shape index (κ1) is 59.6. The lowest BCUT2D eigenvalue weighted by Gasteiger charge is -2.34. The Morgan fingerprint density at radius 1 is 0.587 bits per heavy atom. The number of carbonyl (C=O) groups is 7. The third kappa shape index (κ3) is 32.9. The molecule has 0 aromatic rings. The number of nitrogens with two attached hydrogens (primary N) is 1. The Morgan fingerprint density at radius 2 is 1.02 bits per heavy atom. The van der Waals surface area contributed by atoms with Gasteiger partial charge in [0.05, 0.1) is 6.54 Å². The average molecular weight is 913 g/mol. The van der Waals surface area contributed by atoms with Gasteiger partial charge < -0.3 is 35.8 Å². The number of hydrogen-bond acceptors (Lipinski definition) is 10. The number of hydrogen-bond donors (Lipinski definition) is 5. The SMILES string of the molecule is CCCCCCCCCCCC(=O)OC[C@@H](CN(C(=O)C(CS)NC(=O)CCCCCCCCC)[C@@H](C)C(=O)N[C@H](CCC(=O)O)C(N)=O)OC(=O)CCCCCCCCCCC. The summed E-state index contributed by atoms with van der Waals surface area (Å²) >= 11 is 4.37. The number of nitrogens with zero attached hydrogens (tertiary/aromatic N) is 1. The zero-order chi connectivity index (χ0) is 47.1. The number of carboxylic acids is 1. The fourth-order valence-electron chi connectivity index (χ4n) is 7.33. The van der Waals surface area contributed by atoms with E-state index >= 15 is 0 Å². The van der Waals surface area contributed by atoms with Crippen molar-refractivity contribution >= 4 is 54.2 Å². The van der Waals surface area contributed by atoms with Crippen LogP contribution in [0.5, 0.6) is 0 Å². The summed E-state index contributed by atoms with van der Waals surface area (Å²) < 4.78 is 11.5. The highest BCUT2D eigenvalue weighted by atomic mass is 32.1. The van der Waals surface area contributed by atoms with Gasteiger partial charge in [-0.3, -0.25) is 33.6 Å². The van der Waals surface area contributed by atoms with E-state index in [1.54, 1.807) is 0 Å². The number of ether oxygens (including phenoxy) is 2. The minimum Gasteiger partial charge on any atom is -0.481 e. The highest BCUT2D eigenvalue weighted by molar-refractivity contribution is 7.80. The van der Waals surface area contributed by atoms with Crippen LogP contribution in [0, 0.1) is 0 Å². The predicted molar refractivity (Wildman–Crippen MR) is 252 cm³/mol. The van der Waals surface area contributed by atoms with Crippen molar-refractivity contribution in [2.24, 2.45) is 5.73 Å². The quantitative estimate of drug-likeness (QED) is 0.0223. The zero-order valence-electron chi connectivity index (χ0n) is 39.7. The molecule has 0 heterocycles. The maximum atomic E-state index is 14.3. The number of carbonyl (C=O) groups excluding carboxylic acids is 6. The van der Waals surface area contributed by atoms with Crippen molar-refractivity contribution in [2.45, 2.75) is 245 Å². The maximum Gasteiger partial charge on any atom is 0.306 e. The van der Waals surface area contributed by atoms with Crippen molar-refractivity contribution in [1.82, 2.24) is 15.5 Å². The molecule has 14 nitrogen and oxygen atoms in total. The van der Waals surface area contributed by atoms with Crippen molar-refractivity contribution in [1.29, 1.82) is 0 Å². The lowest BCUT2D eigenvalue weighted by atomic mass is 10.1. The molecule has 0 radical (unpaired) electrons. The first-order chi connectivity index (χ1) is 30.3. The molecule has 0 aliphatic heterocycles. The van der Waals surface area contributed by atoms with Gasteiger partial charge in [-0.2, -0.15) is 12.6 Å². The van der Waals surface area contributed by atoms with Gasteiger partial charge in [-0.25, -0.2) is 0 Å². The summed E-state index contributed by atoms with van der Waals surface area (Å²) in [4.78, 5) is 92.0. The standard InChI is InChI=1S/C48H88N4O10S/c1-5-8-11-14-17-19-22-25-28-31-44(56)61-36-39(62-45(57)32-29-26-23-20-18-15-12-9-6-2)35-52(38(4)47(59)51-40(46(49)58)33-34-43(54)55)48(60)41(37-63)50-42(53)30-27-24-21-16-13-10-7-3/h38-41,63H,5-37H2,1-4H3,(H2,49,58)(H,50,53)(H,51,59)(H,54,55)/t38-,39+,40+,41?/m0/s1. The molecule has 0 aromatic carbocycles. The Balaban J connectivity index is 6.12. The summed E-state index contributed by atoms with van der Waals surface area (Å²) in [5.41, 5.74) is 5.50. The second-order valence-corrected chi connectivity index (χ2v) is 17.6. The van der Waals surface area contributed by atoms with E-state index in [9.17, 15) is 38.7 Å². The zero-order valence-corrected chi connectivity index (χ0v) is 40.6. The molecule has 0 aliphatic rings. The average Bonchev–Trinajstić information content (AvgIpc) is 3.25. The van der Waals surface area contributed by atoms with Gasteiger partial charge in [0.1, 0.15) is 24.7 Å². The van der Waals surface area contributed by atoms with Crippen LogP contribution in [0.15, 0.2) is 0 Å². The fourth-order valence-corrected chi connectivity index (χ4v) is 7.57. The van der Waals surface area contributed by atoms with E-state index in [4.69, 9.17) is 15.2 Å². The van der Waals surface area contributed by atoms with Gasteiger partial charge in [-0.15, -0.1) is 0 Å². The number of primary amides is 1. The van der Waals surface area contributed by atoms with Gasteiger partial charge in [0.15, 0.2) is 6.10 Å². The minimum absolute atomic E-state index is 0.112. The molecule has 15 heteroatoms. The molecule has 0 aromatic heterocycles. The van der Waals surface area contributed by atoms with E-state index < -0.39 is 72.8 Å². The molecular formula is C48H88N4O10S. The van der Waals surface area contributed by atoms with Gasteiger partial charge in [0, 0.05) is 31.4 Å². The van der Waals surface area contributed by atoms with E-state index in [1.165, 1.54) is 71.1 Å². The molecule has 0 rings (SSSR count). The van der Waals surface area contributed by atoms with E-state index in [-0.39, 0.29) is 44.0 Å². The molecule has 0 bridgehead atoms. The minimum atomic E-state index is -1.35. The number of amides is 4. The third-order valence-electron chi connectivity index (χ3n) is 11.4. The smallest absolute Gasteiger partial charge is 0.306 e. The van der Waals surface area contributed by atoms with E-state index in [0.717, 1.165) is 81.9 Å². The monoisotopic (exact) mass is 913 g/mol. The summed E-state index contributed by atoms with van der Waals surface area (Å²) in [7, 11) is 0. The van der Waals surface area contributed by atoms with Crippen LogP contribution in [0.25, 0.3) is 0 Å². The largest absolute Gasteiger partial charge is 0.481 e. The van der Waals surface area contributed by atoms with Crippen molar-refractivity contribution in [3.8, 4) is 0 Å². The second kappa shape index (κ2) is 40.2. The lowest BCUT2D eigenvalue weighted by molar-refractivity contribution is -0.163. The number of nitrogens with one attached hydrogen (secondary N) is 2. The van der Waals surface area contributed by atoms with Gasteiger partial charge >= 0.3 is 17.9 Å². The highest BCUT2D eigenvalue weighted by Crippen LogP contribution is 2.16. The van der Waals surface area contributed by atoms with Crippen LogP contribution in [0.3, 0.4) is 0 Å². The molecular weight excluding hydrogens is 825 g/mol. The van der Waals surface area contributed by atoms with Crippen LogP contribution in [0.2, 0.25) is 0 Å². The van der Waals surface area contributed by atoms with E-state index in [2.05, 4.69) is 44.0 Å². The van der Waals surface area contributed by atoms with Crippen LogP contribution in [-0.2, 0) is 43.0 Å². The summed E-state index contributed by atoms with van der Waals surface area (Å²) in [5.74, 6) is -5.18. The number of rotatable bonds is 43. The van der Waals surface area contributed by atoms with E-state index in [1.807, 2.05) is 0 Å². The van der Waals surface area contributed by atoms with Crippen molar-refractivity contribution < 1.29 is 48.1 Å². The predicted octanol–water partition coefficient (Wildman–Crippen LogP) is 8.89. The first-order valence-electron chi connectivity index (χ1n) is 24.7. The first-order valence-corrected chi connectivity index (χ1v) is 25.3. The lowest BCUT2D eigenvalue weighted by Crippen LogP contribution is -2.59. The van der Waals surface area contributed by atoms with Crippen LogP contribution in [0.1, 0.15) is 220 Å². The summed E-state index contributed by atoms with van der Waals surface area (Å²) in [6.45, 7) is 7.15. The molecule has 0 fully saturated rings. The number of thiol groups is 1. The maximum absolute atomic E-state index is 14.3.